The maximum atomic E-state index is 13.0. The van der Waals surface area contributed by atoms with Crippen molar-refractivity contribution < 1.29 is 13.6 Å². The number of carbonyl (C=O) groups excluding carboxylic acids is 1. The van der Waals surface area contributed by atoms with E-state index in [1.54, 1.807) is 19.2 Å². The number of hydrogen-bond acceptors (Lipinski definition) is 3. The quantitative estimate of drug-likeness (QED) is 0.891. The summed E-state index contributed by atoms with van der Waals surface area (Å²) < 4.78 is 27.1. The molecule has 1 unspecified atom stereocenters. The third kappa shape index (κ3) is 2.87. The molecule has 0 fully saturated rings. The fourth-order valence-corrected chi connectivity index (χ4v) is 1.51. The molecule has 1 amide bonds. The first-order valence-corrected chi connectivity index (χ1v) is 5.54. The zero-order valence-corrected chi connectivity index (χ0v) is 10.1. The number of hydrogen-bond donors (Lipinski definition) is 2. The number of aromatic nitrogens is 2. The Morgan fingerprint density at radius 2 is 2.11 bits per heavy atom. The Balaban J connectivity index is 2.10. The van der Waals surface area contributed by atoms with Gasteiger partial charge < -0.3 is 11.1 Å². The maximum absolute atomic E-state index is 13.0. The summed E-state index contributed by atoms with van der Waals surface area (Å²) in [7, 11) is 0. The maximum Gasteiger partial charge on any atom is 0.248 e. The van der Waals surface area contributed by atoms with E-state index < -0.39 is 23.6 Å². The zero-order valence-electron chi connectivity index (χ0n) is 10.1. The number of halogens is 2. The van der Waals surface area contributed by atoms with Gasteiger partial charge in [0.05, 0.1) is 0 Å². The molecule has 0 saturated heterocycles. The van der Waals surface area contributed by atoms with E-state index in [-0.39, 0.29) is 5.69 Å². The second kappa shape index (κ2) is 5.05. The highest BCUT2D eigenvalue weighted by atomic mass is 19.2. The first-order chi connectivity index (χ1) is 8.97. The van der Waals surface area contributed by atoms with Crippen LogP contribution in [0, 0.1) is 11.6 Å². The van der Waals surface area contributed by atoms with E-state index in [0.29, 0.717) is 5.82 Å². The molecule has 2 aromatic rings. The van der Waals surface area contributed by atoms with Gasteiger partial charge in [-0.2, -0.15) is 5.10 Å². The van der Waals surface area contributed by atoms with Crippen LogP contribution >= 0.6 is 0 Å². The number of nitrogens with two attached hydrogens (primary N) is 1. The van der Waals surface area contributed by atoms with Crippen LogP contribution in [0.4, 0.5) is 20.3 Å². The summed E-state index contributed by atoms with van der Waals surface area (Å²) in [4.78, 5) is 11.9. The first kappa shape index (κ1) is 13.0. The van der Waals surface area contributed by atoms with Gasteiger partial charge in [0.2, 0.25) is 5.91 Å². The molecule has 0 aliphatic heterocycles. The molecule has 1 atom stereocenters. The monoisotopic (exact) mass is 266 g/mol. The Kier molecular flexibility index (Phi) is 3.46. The molecule has 100 valence electrons. The van der Waals surface area contributed by atoms with Crippen molar-refractivity contribution in [3.8, 4) is 0 Å². The minimum absolute atomic E-state index is 0.177. The van der Waals surface area contributed by atoms with Crippen molar-refractivity contribution in [1.82, 2.24) is 9.78 Å². The van der Waals surface area contributed by atoms with E-state index in [0.717, 1.165) is 12.1 Å². The molecule has 19 heavy (non-hydrogen) atoms. The number of nitrogens with zero attached hydrogens (tertiary/aromatic N) is 2. The minimum Gasteiger partial charge on any atom is -0.382 e. The molecule has 0 spiro atoms. The largest absolute Gasteiger partial charge is 0.382 e. The van der Waals surface area contributed by atoms with Gasteiger partial charge in [0.1, 0.15) is 11.9 Å². The molecule has 1 aromatic carbocycles. The Hall–Kier alpha value is -2.44. The van der Waals surface area contributed by atoms with Crippen molar-refractivity contribution in [1.29, 1.82) is 0 Å². The molecule has 0 bridgehead atoms. The van der Waals surface area contributed by atoms with Crippen molar-refractivity contribution in [2.24, 2.45) is 0 Å². The summed E-state index contributed by atoms with van der Waals surface area (Å²) in [5.41, 5.74) is 5.63. The van der Waals surface area contributed by atoms with Gasteiger partial charge in [-0.1, -0.05) is 0 Å². The molecule has 5 nitrogen and oxygen atoms in total. The highest BCUT2D eigenvalue weighted by molar-refractivity contribution is 5.93. The molecule has 2 rings (SSSR count). The average molecular weight is 266 g/mol. The van der Waals surface area contributed by atoms with Gasteiger partial charge in [-0.15, -0.1) is 0 Å². The average Bonchev–Trinajstić information content (AvgIpc) is 2.79. The number of anilines is 2. The standard InChI is InChI=1S/C12H12F2N4O/c1-7(18-5-4-11(15)17-18)12(19)16-8-2-3-9(13)10(14)6-8/h2-7H,1H3,(H2,15,17)(H,16,19). The van der Waals surface area contributed by atoms with Crippen molar-refractivity contribution in [3.05, 3.63) is 42.1 Å². The van der Waals surface area contributed by atoms with E-state index in [4.69, 9.17) is 5.73 Å². The van der Waals surface area contributed by atoms with Crippen molar-refractivity contribution in [3.63, 3.8) is 0 Å². The number of nitrogens with one attached hydrogen (secondary N) is 1. The lowest BCUT2D eigenvalue weighted by molar-refractivity contribution is -0.119. The van der Waals surface area contributed by atoms with Crippen LogP contribution in [0.3, 0.4) is 0 Å². The fourth-order valence-electron chi connectivity index (χ4n) is 1.51. The summed E-state index contributed by atoms with van der Waals surface area (Å²) in [6.45, 7) is 1.61. The van der Waals surface area contributed by atoms with E-state index in [2.05, 4.69) is 10.4 Å². The first-order valence-electron chi connectivity index (χ1n) is 5.54. The summed E-state index contributed by atoms with van der Waals surface area (Å²) in [5.74, 6) is -2.10. The van der Waals surface area contributed by atoms with E-state index in [9.17, 15) is 13.6 Å². The number of carbonyl (C=O) groups is 1. The molecular formula is C12H12F2N4O. The molecule has 0 aliphatic rings. The van der Waals surface area contributed by atoms with E-state index >= 15 is 0 Å². The Morgan fingerprint density at radius 3 is 2.68 bits per heavy atom. The van der Waals surface area contributed by atoms with Crippen LogP contribution in [0.5, 0.6) is 0 Å². The Bertz CT molecular complexity index is 612. The number of rotatable bonds is 3. The predicted octanol–water partition coefficient (Wildman–Crippen LogP) is 1.94. The van der Waals surface area contributed by atoms with Gasteiger partial charge in [-0.25, -0.2) is 8.78 Å². The van der Waals surface area contributed by atoms with Crippen molar-refractivity contribution >= 4 is 17.4 Å². The molecule has 7 heteroatoms. The zero-order chi connectivity index (χ0) is 14.0. The van der Waals surface area contributed by atoms with Crippen LogP contribution < -0.4 is 11.1 Å². The van der Waals surface area contributed by atoms with Crippen molar-refractivity contribution in [2.75, 3.05) is 11.1 Å². The van der Waals surface area contributed by atoms with Gasteiger partial charge in [0.25, 0.3) is 0 Å². The lowest BCUT2D eigenvalue weighted by Gasteiger charge is -2.12. The van der Waals surface area contributed by atoms with Crippen LogP contribution in [-0.4, -0.2) is 15.7 Å². The summed E-state index contributed by atoms with van der Waals surface area (Å²) in [5, 5.41) is 6.37. The van der Waals surface area contributed by atoms with Gasteiger partial charge in [-0.3, -0.25) is 9.48 Å². The summed E-state index contributed by atoms with van der Waals surface area (Å²) in [6.07, 6.45) is 1.56. The van der Waals surface area contributed by atoms with Gasteiger partial charge in [0.15, 0.2) is 11.6 Å². The minimum atomic E-state index is -1.02. The molecule has 1 heterocycles. The third-order valence-corrected chi connectivity index (χ3v) is 2.59. The van der Waals surface area contributed by atoms with Gasteiger partial charge in [0, 0.05) is 18.0 Å². The Labute approximate surface area is 108 Å². The normalized spacial score (nSPS) is 12.2. The fraction of sp³-hybridized carbons (Fsp3) is 0.167. The van der Waals surface area contributed by atoms with E-state index in [1.165, 1.54) is 10.7 Å². The van der Waals surface area contributed by atoms with Crippen LogP contribution in [0.2, 0.25) is 0 Å². The van der Waals surface area contributed by atoms with Crippen LogP contribution in [0.25, 0.3) is 0 Å². The predicted molar refractivity (Wildman–Crippen MR) is 66.3 cm³/mol. The molecular weight excluding hydrogens is 254 g/mol. The SMILES string of the molecule is CC(C(=O)Nc1ccc(F)c(F)c1)n1ccc(N)n1. The molecule has 1 aromatic heterocycles. The lowest BCUT2D eigenvalue weighted by atomic mass is 10.2. The topological polar surface area (TPSA) is 72.9 Å². The smallest absolute Gasteiger partial charge is 0.248 e. The van der Waals surface area contributed by atoms with Crippen LogP contribution in [-0.2, 0) is 4.79 Å². The second-order valence-electron chi connectivity index (χ2n) is 4.01. The highest BCUT2D eigenvalue weighted by Gasteiger charge is 2.16. The number of benzene rings is 1. The molecule has 3 N–H and O–H groups in total. The highest BCUT2D eigenvalue weighted by Crippen LogP contribution is 2.15. The Morgan fingerprint density at radius 1 is 1.37 bits per heavy atom. The second-order valence-corrected chi connectivity index (χ2v) is 4.01. The van der Waals surface area contributed by atoms with Crippen molar-refractivity contribution in [2.45, 2.75) is 13.0 Å². The van der Waals surface area contributed by atoms with E-state index in [1.807, 2.05) is 0 Å². The van der Waals surface area contributed by atoms with Crippen LogP contribution in [0.15, 0.2) is 30.5 Å². The van der Waals surface area contributed by atoms with Gasteiger partial charge >= 0.3 is 0 Å². The lowest BCUT2D eigenvalue weighted by Crippen LogP contribution is -2.24. The summed E-state index contributed by atoms with van der Waals surface area (Å²) in [6, 6.07) is 4.08. The number of amides is 1. The molecule has 0 radical (unpaired) electrons. The third-order valence-electron chi connectivity index (χ3n) is 2.59. The summed E-state index contributed by atoms with van der Waals surface area (Å²) >= 11 is 0. The molecule has 0 aliphatic carbocycles. The number of nitrogen functional groups attached to an aromatic ring is 1. The molecule has 0 saturated carbocycles. The van der Waals surface area contributed by atoms with Crippen LogP contribution in [0.1, 0.15) is 13.0 Å². The van der Waals surface area contributed by atoms with Gasteiger partial charge in [-0.05, 0) is 25.1 Å².